The van der Waals surface area contributed by atoms with Crippen molar-refractivity contribution in [3.8, 4) is 0 Å². The molecule has 0 aliphatic carbocycles. The molecule has 0 bridgehead atoms. The van der Waals surface area contributed by atoms with Crippen LogP contribution in [-0.2, 0) is 16.4 Å². The van der Waals surface area contributed by atoms with E-state index in [1.807, 2.05) is 24.8 Å². The van der Waals surface area contributed by atoms with Crippen LogP contribution in [0.2, 0.25) is 0 Å². The maximum absolute atomic E-state index is 12.8. The van der Waals surface area contributed by atoms with Crippen molar-refractivity contribution in [2.75, 3.05) is 19.3 Å². The van der Waals surface area contributed by atoms with Gasteiger partial charge in [-0.25, -0.2) is 8.42 Å². The third-order valence-corrected chi connectivity index (χ3v) is 6.37. The molecule has 1 aromatic rings. The summed E-state index contributed by atoms with van der Waals surface area (Å²) in [6, 6.07) is 1.94. The number of nitrogens with zero attached hydrogens (tertiary/aromatic N) is 2. The summed E-state index contributed by atoms with van der Waals surface area (Å²) in [6.07, 6.45) is 3.23. The summed E-state index contributed by atoms with van der Waals surface area (Å²) in [5.41, 5.74) is 2.83. The highest BCUT2D eigenvalue weighted by molar-refractivity contribution is 7.91. The first kappa shape index (κ1) is 17.1. The van der Waals surface area contributed by atoms with Gasteiger partial charge in [0.05, 0.1) is 10.8 Å². The summed E-state index contributed by atoms with van der Waals surface area (Å²) < 4.78 is 25.6. The summed E-state index contributed by atoms with van der Waals surface area (Å²) in [5.74, 6) is 0.0296. The van der Waals surface area contributed by atoms with E-state index < -0.39 is 9.84 Å². The SMILES string of the molecule is CCn1c(C)cc(C(=O)N2CCCC(S(C)(=O)=O)CC2)c1C. The van der Waals surface area contributed by atoms with E-state index in [2.05, 4.69) is 11.5 Å². The summed E-state index contributed by atoms with van der Waals surface area (Å²) in [4.78, 5) is 14.6. The van der Waals surface area contributed by atoms with Gasteiger partial charge in [0.2, 0.25) is 0 Å². The van der Waals surface area contributed by atoms with Gasteiger partial charge in [-0.2, -0.15) is 0 Å². The molecule has 1 fully saturated rings. The second-order valence-corrected chi connectivity index (χ2v) is 8.53. The summed E-state index contributed by atoms with van der Waals surface area (Å²) in [5, 5.41) is -0.312. The molecular weight excluding hydrogens is 300 g/mol. The Balaban J connectivity index is 2.17. The Morgan fingerprint density at radius 1 is 1.27 bits per heavy atom. The molecule has 2 rings (SSSR count). The lowest BCUT2D eigenvalue weighted by Crippen LogP contribution is -2.33. The first-order valence-electron chi connectivity index (χ1n) is 7.90. The minimum absolute atomic E-state index is 0.0296. The monoisotopic (exact) mass is 326 g/mol. The average Bonchev–Trinajstić information content (AvgIpc) is 2.64. The molecule has 1 saturated heterocycles. The third kappa shape index (κ3) is 3.37. The minimum atomic E-state index is -3.02. The van der Waals surface area contributed by atoms with Crippen molar-refractivity contribution < 1.29 is 13.2 Å². The molecule has 0 N–H and O–H groups in total. The van der Waals surface area contributed by atoms with Crippen molar-refractivity contribution in [2.45, 2.75) is 51.8 Å². The maximum Gasteiger partial charge on any atom is 0.255 e. The smallest absolute Gasteiger partial charge is 0.255 e. The molecule has 124 valence electrons. The van der Waals surface area contributed by atoms with Crippen LogP contribution in [0.25, 0.3) is 0 Å². The lowest BCUT2D eigenvalue weighted by Gasteiger charge is -2.20. The summed E-state index contributed by atoms with van der Waals surface area (Å²) in [6.45, 7) is 8.06. The van der Waals surface area contributed by atoms with E-state index in [-0.39, 0.29) is 11.2 Å². The zero-order valence-corrected chi connectivity index (χ0v) is 14.7. The second-order valence-electron chi connectivity index (χ2n) is 6.20. The van der Waals surface area contributed by atoms with Crippen LogP contribution in [0.1, 0.15) is 47.9 Å². The van der Waals surface area contributed by atoms with Gasteiger partial charge in [0, 0.05) is 37.3 Å². The minimum Gasteiger partial charge on any atom is -0.349 e. The topological polar surface area (TPSA) is 59.4 Å². The number of hydrogen-bond donors (Lipinski definition) is 0. The van der Waals surface area contributed by atoms with E-state index in [9.17, 15) is 13.2 Å². The van der Waals surface area contributed by atoms with E-state index in [0.717, 1.165) is 29.9 Å². The van der Waals surface area contributed by atoms with Gasteiger partial charge in [0.15, 0.2) is 0 Å². The van der Waals surface area contributed by atoms with Crippen LogP contribution >= 0.6 is 0 Å². The molecule has 2 heterocycles. The maximum atomic E-state index is 12.8. The summed E-state index contributed by atoms with van der Waals surface area (Å²) in [7, 11) is -3.02. The molecule has 0 saturated carbocycles. The van der Waals surface area contributed by atoms with Crippen LogP contribution in [0, 0.1) is 13.8 Å². The average molecular weight is 326 g/mol. The predicted molar refractivity (Wildman–Crippen MR) is 88.0 cm³/mol. The third-order valence-electron chi connectivity index (χ3n) is 4.69. The largest absolute Gasteiger partial charge is 0.349 e. The Morgan fingerprint density at radius 3 is 2.50 bits per heavy atom. The van der Waals surface area contributed by atoms with Crippen molar-refractivity contribution in [1.29, 1.82) is 0 Å². The fraction of sp³-hybridized carbons (Fsp3) is 0.688. The molecule has 1 amide bonds. The molecule has 22 heavy (non-hydrogen) atoms. The number of likely N-dealkylation sites (tertiary alicyclic amines) is 1. The van der Waals surface area contributed by atoms with Crippen LogP contribution in [0.15, 0.2) is 6.07 Å². The Kier molecular flexibility index (Phi) is 5.00. The molecule has 1 aliphatic rings. The predicted octanol–water partition coefficient (Wildman–Crippen LogP) is 2.16. The second kappa shape index (κ2) is 6.44. The lowest BCUT2D eigenvalue weighted by molar-refractivity contribution is 0.0761. The summed E-state index contributed by atoms with van der Waals surface area (Å²) >= 11 is 0. The molecule has 1 aromatic heterocycles. The van der Waals surface area contributed by atoms with Crippen LogP contribution in [0.5, 0.6) is 0 Å². The number of hydrogen-bond acceptors (Lipinski definition) is 3. The fourth-order valence-electron chi connectivity index (χ4n) is 3.37. The molecule has 0 aromatic carbocycles. The quantitative estimate of drug-likeness (QED) is 0.855. The highest BCUT2D eigenvalue weighted by Crippen LogP contribution is 2.21. The van der Waals surface area contributed by atoms with E-state index in [4.69, 9.17) is 0 Å². The van der Waals surface area contributed by atoms with E-state index in [1.165, 1.54) is 6.26 Å². The van der Waals surface area contributed by atoms with E-state index >= 15 is 0 Å². The molecule has 5 nitrogen and oxygen atoms in total. The van der Waals surface area contributed by atoms with Gasteiger partial charge < -0.3 is 9.47 Å². The van der Waals surface area contributed by atoms with Crippen LogP contribution in [-0.4, -0.2) is 48.4 Å². The fourth-order valence-corrected chi connectivity index (χ4v) is 4.50. The number of aryl methyl sites for hydroxylation is 1. The van der Waals surface area contributed by atoms with Crippen molar-refractivity contribution in [2.24, 2.45) is 0 Å². The van der Waals surface area contributed by atoms with Crippen LogP contribution in [0.4, 0.5) is 0 Å². The molecule has 0 spiro atoms. The van der Waals surface area contributed by atoms with Crippen molar-refractivity contribution >= 4 is 15.7 Å². The number of amides is 1. The van der Waals surface area contributed by atoms with E-state index in [0.29, 0.717) is 25.9 Å². The normalized spacial score (nSPS) is 20.0. The highest BCUT2D eigenvalue weighted by Gasteiger charge is 2.28. The molecule has 1 atom stereocenters. The van der Waals surface area contributed by atoms with Gasteiger partial charge in [-0.1, -0.05) is 0 Å². The highest BCUT2D eigenvalue weighted by atomic mass is 32.2. The Bertz CT molecular complexity index is 661. The number of carbonyl (C=O) groups is 1. The van der Waals surface area contributed by atoms with Crippen molar-refractivity contribution in [3.63, 3.8) is 0 Å². The zero-order valence-electron chi connectivity index (χ0n) is 13.9. The Morgan fingerprint density at radius 2 is 1.95 bits per heavy atom. The van der Waals surface area contributed by atoms with Crippen molar-refractivity contribution in [3.05, 3.63) is 23.0 Å². The number of aromatic nitrogens is 1. The standard InChI is InChI=1S/C16H26N2O3S/c1-5-18-12(2)11-15(13(18)3)16(19)17-9-6-7-14(8-10-17)22(4,20)21/h11,14H,5-10H2,1-4H3. The Hall–Kier alpha value is -1.30. The molecule has 1 unspecified atom stereocenters. The Labute approximate surface area is 133 Å². The lowest BCUT2D eigenvalue weighted by atomic mass is 10.2. The van der Waals surface area contributed by atoms with Gasteiger partial charge in [0.25, 0.3) is 5.91 Å². The molecule has 0 radical (unpaired) electrons. The first-order chi connectivity index (χ1) is 10.3. The first-order valence-corrected chi connectivity index (χ1v) is 9.86. The van der Waals surface area contributed by atoms with Crippen LogP contribution < -0.4 is 0 Å². The van der Waals surface area contributed by atoms with Gasteiger partial charge in [-0.3, -0.25) is 4.79 Å². The number of carbonyl (C=O) groups excluding carboxylic acids is 1. The van der Waals surface area contributed by atoms with Gasteiger partial charge in [-0.15, -0.1) is 0 Å². The van der Waals surface area contributed by atoms with Gasteiger partial charge >= 0.3 is 0 Å². The van der Waals surface area contributed by atoms with Crippen molar-refractivity contribution in [1.82, 2.24) is 9.47 Å². The van der Waals surface area contributed by atoms with Gasteiger partial charge in [0.1, 0.15) is 9.84 Å². The van der Waals surface area contributed by atoms with Crippen LogP contribution in [0.3, 0.4) is 0 Å². The van der Waals surface area contributed by atoms with E-state index in [1.54, 1.807) is 0 Å². The molecule has 6 heteroatoms. The number of rotatable bonds is 3. The zero-order chi connectivity index (χ0) is 16.5. The number of sulfone groups is 1. The van der Waals surface area contributed by atoms with Gasteiger partial charge in [-0.05, 0) is 46.1 Å². The molecular formula is C16H26N2O3S. The molecule has 1 aliphatic heterocycles.